The van der Waals surface area contributed by atoms with E-state index in [2.05, 4.69) is 118 Å². The van der Waals surface area contributed by atoms with Crippen molar-refractivity contribution in [3.8, 4) is 11.8 Å². The standard InChI is InChI=1S/C40H64O3/c1-29(17-13-19-31(3)21-22-36-33(5)25-34(41)26-37(36,6)7)15-11-12-16-30(2)18-14-20-32(4)23-24-40-38(8,9)27-35(42)28-39(40,10)43-40/h11,13,15,19,23-24,29-32,34-35,41-42H,12,14,16-18,20,25-28H2,1-10H3/b15-11+,19-13+,24-23+/t29?,30?,31?,32?,34-,35+,39-,40+/m1/s1. The molecule has 1 heterocycles. The van der Waals surface area contributed by atoms with Gasteiger partial charge in [-0.3, -0.25) is 0 Å². The minimum Gasteiger partial charge on any atom is -0.393 e. The smallest absolute Gasteiger partial charge is 0.121 e. The number of ether oxygens (including phenoxy) is 1. The molecule has 8 atom stereocenters. The van der Waals surface area contributed by atoms with E-state index in [1.54, 1.807) is 0 Å². The third-order valence-electron chi connectivity index (χ3n) is 10.6. The van der Waals surface area contributed by atoms with Crippen LogP contribution in [-0.4, -0.2) is 33.6 Å². The summed E-state index contributed by atoms with van der Waals surface area (Å²) in [6, 6.07) is 0. The predicted octanol–water partition coefficient (Wildman–Crippen LogP) is 9.75. The molecule has 3 rings (SSSR count). The van der Waals surface area contributed by atoms with E-state index >= 15 is 0 Å². The first kappa shape index (κ1) is 35.9. The quantitative estimate of drug-likeness (QED) is 0.127. The number of epoxide rings is 1. The summed E-state index contributed by atoms with van der Waals surface area (Å²) >= 11 is 0. The summed E-state index contributed by atoms with van der Waals surface area (Å²) in [5.74, 6) is 8.96. The molecular formula is C40H64O3. The highest BCUT2D eigenvalue weighted by atomic mass is 16.6. The van der Waals surface area contributed by atoms with Gasteiger partial charge in [0.15, 0.2) is 0 Å². The Bertz CT molecular complexity index is 1110. The third-order valence-corrected chi connectivity index (χ3v) is 10.6. The van der Waals surface area contributed by atoms with E-state index in [-0.39, 0.29) is 40.2 Å². The van der Waals surface area contributed by atoms with Gasteiger partial charge in [-0.2, -0.15) is 0 Å². The second-order valence-electron chi connectivity index (χ2n) is 16.2. The molecule has 2 aliphatic carbocycles. The highest BCUT2D eigenvalue weighted by Crippen LogP contribution is 2.66. The molecule has 0 aromatic rings. The van der Waals surface area contributed by atoms with Gasteiger partial charge in [0, 0.05) is 28.7 Å². The van der Waals surface area contributed by atoms with Gasteiger partial charge in [-0.1, -0.05) is 115 Å². The molecule has 0 spiro atoms. The molecule has 3 heteroatoms. The van der Waals surface area contributed by atoms with Gasteiger partial charge in [-0.25, -0.2) is 0 Å². The number of hydrogen-bond acceptors (Lipinski definition) is 3. The molecule has 0 radical (unpaired) electrons. The van der Waals surface area contributed by atoms with E-state index in [9.17, 15) is 10.2 Å². The van der Waals surface area contributed by atoms with E-state index in [1.807, 2.05) is 0 Å². The summed E-state index contributed by atoms with van der Waals surface area (Å²) in [5, 5.41) is 20.4. The van der Waals surface area contributed by atoms with Gasteiger partial charge in [0.05, 0.1) is 12.2 Å². The Morgan fingerprint density at radius 2 is 1.58 bits per heavy atom. The maximum absolute atomic E-state index is 10.3. The number of rotatable bonds is 13. The predicted molar refractivity (Wildman–Crippen MR) is 183 cm³/mol. The minimum absolute atomic E-state index is 0.0333. The first-order valence-electron chi connectivity index (χ1n) is 17.3. The lowest BCUT2D eigenvalue weighted by atomic mass is 9.63. The SMILES string of the molecule is CC1=C(C#CC(C)/C=C/CC(C)/C=C/CCC(C)CCCC(C)/C=C/[C@@]23O[C@]2(C)C[C@@H](O)CC3(C)C)C(C)(C)C[C@H](O)C1. The number of hydrogen-bond donors (Lipinski definition) is 2. The van der Waals surface area contributed by atoms with Crippen molar-refractivity contribution < 1.29 is 14.9 Å². The van der Waals surface area contributed by atoms with Gasteiger partial charge in [0.2, 0.25) is 0 Å². The summed E-state index contributed by atoms with van der Waals surface area (Å²) in [6.07, 6.45) is 23.8. The molecule has 1 saturated carbocycles. The highest BCUT2D eigenvalue weighted by molar-refractivity contribution is 5.40. The minimum atomic E-state index is -0.253. The van der Waals surface area contributed by atoms with Crippen LogP contribution in [0.1, 0.15) is 133 Å². The Balaban J connectivity index is 1.31. The molecule has 0 aromatic heterocycles. The number of aliphatic hydroxyl groups is 2. The Kier molecular flexibility index (Phi) is 12.2. The summed E-state index contributed by atoms with van der Waals surface area (Å²) in [4.78, 5) is 0. The Labute approximate surface area is 265 Å². The van der Waals surface area contributed by atoms with Crippen molar-refractivity contribution in [3.05, 3.63) is 47.6 Å². The fourth-order valence-electron chi connectivity index (χ4n) is 8.00. The van der Waals surface area contributed by atoms with E-state index in [4.69, 9.17) is 4.74 Å². The topological polar surface area (TPSA) is 53.0 Å². The summed E-state index contributed by atoms with van der Waals surface area (Å²) in [6.45, 7) is 22.4. The summed E-state index contributed by atoms with van der Waals surface area (Å²) in [7, 11) is 0. The Hall–Kier alpha value is -1.60. The van der Waals surface area contributed by atoms with Crippen molar-refractivity contribution in [2.45, 2.75) is 157 Å². The van der Waals surface area contributed by atoms with Crippen molar-refractivity contribution in [1.29, 1.82) is 0 Å². The van der Waals surface area contributed by atoms with Crippen LogP contribution in [0.2, 0.25) is 0 Å². The van der Waals surface area contributed by atoms with Crippen molar-refractivity contribution in [1.82, 2.24) is 0 Å². The molecule has 43 heavy (non-hydrogen) atoms. The van der Waals surface area contributed by atoms with Crippen molar-refractivity contribution in [2.75, 3.05) is 0 Å². The van der Waals surface area contributed by atoms with Crippen molar-refractivity contribution in [3.63, 3.8) is 0 Å². The van der Waals surface area contributed by atoms with Crippen LogP contribution in [0.15, 0.2) is 47.6 Å². The summed E-state index contributed by atoms with van der Waals surface area (Å²) < 4.78 is 6.31. The molecular weight excluding hydrogens is 528 g/mol. The Morgan fingerprint density at radius 3 is 2.26 bits per heavy atom. The van der Waals surface area contributed by atoms with Gasteiger partial charge >= 0.3 is 0 Å². The van der Waals surface area contributed by atoms with Crippen LogP contribution in [0.25, 0.3) is 0 Å². The average Bonchev–Trinajstić information content (AvgIpc) is 3.49. The lowest BCUT2D eigenvalue weighted by Crippen LogP contribution is -2.46. The van der Waals surface area contributed by atoms with Crippen LogP contribution in [0.4, 0.5) is 0 Å². The van der Waals surface area contributed by atoms with Crippen LogP contribution < -0.4 is 0 Å². The average molecular weight is 593 g/mol. The molecule has 0 amide bonds. The van der Waals surface area contributed by atoms with E-state index in [0.717, 1.165) is 44.4 Å². The van der Waals surface area contributed by atoms with Gasteiger partial charge in [0.25, 0.3) is 0 Å². The van der Waals surface area contributed by atoms with Crippen LogP contribution in [0, 0.1) is 46.3 Å². The molecule has 1 aliphatic heterocycles. The van der Waals surface area contributed by atoms with E-state index in [1.165, 1.54) is 36.8 Å². The zero-order valence-electron chi connectivity index (χ0n) is 29.3. The fourth-order valence-corrected chi connectivity index (χ4v) is 8.00. The number of fused-ring (bicyclic) bond motifs is 1. The first-order valence-corrected chi connectivity index (χ1v) is 17.3. The van der Waals surface area contributed by atoms with Crippen molar-refractivity contribution >= 4 is 0 Å². The van der Waals surface area contributed by atoms with Gasteiger partial charge < -0.3 is 14.9 Å². The molecule has 2 fully saturated rings. The monoisotopic (exact) mass is 592 g/mol. The molecule has 242 valence electrons. The summed E-state index contributed by atoms with van der Waals surface area (Å²) in [5.41, 5.74) is 1.97. The molecule has 3 nitrogen and oxygen atoms in total. The largest absolute Gasteiger partial charge is 0.393 e. The molecule has 2 N–H and O–H groups in total. The van der Waals surface area contributed by atoms with Crippen LogP contribution in [0.5, 0.6) is 0 Å². The van der Waals surface area contributed by atoms with Crippen LogP contribution in [-0.2, 0) is 4.74 Å². The molecule has 0 bridgehead atoms. The Morgan fingerprint density at radius 1 is 0.860 bits per heavy atom. The number of allylic oxidation sites excluding steroid dienone is 6. The second kappa shape index (κ2) is 14.7. The lowest BCUT2D eigenvalue weighted by Gasteiger charge is -2.39. The third kappa shape index (κ3) is 9.45. The normalized spacial score (nSPS) is 32.8. The van der Waals surface area contributed by atoms with Gasteiger partial charge in [-0.05, 0) is 83.5 Å². The van der Waals surface area contributed by atoms with E-state index in [0.29, 0.717) is 11.8 Å². The van der Waals surface area contributed by atoms with Crippen LogP contribution >= 0.6 is 0 Å². The second-order valence-corrected chi connectivity index (χ2v) is 16.2. The molecule has 3 aliphatic rings. The molecule has 4 unspecified atom stereocenters. The van der Waals surface area contributed by atoms with E-state index < -0.39 is 0 Å². The fraction of sp³-hybridized carbons (Fsp3) is 0.750. The molecule has 1 saturated heterocycles. The first-order chi connectivity index (χ1) is 20.0. The maximum atomic E-state index is 10.3. The zero-order chi connectivity index (χ0) is 32.1. The zero-order valence-corrected chi connectivity index (χ0v) is 29.3. The van der Waals surface area contributed by atoms with Gasteiger partial charge in [0.1, 0.15) is 11.2 Å². The van der Waals surface area contributed by atoms with Gasteiger partial charge in [-0.15, -0.1) is 0 Å². The van der Waals surface area contributed by atoms with Crippen molar-refractivity contribution in [2.24, 2.45) is 34.5 Å². The van der Waals surface area contributed by atoms with Crippen LogP contribution in [0.3, 0.4) is 0 Å². The highest BCUT2D eigenvalue weighted by Gasteiger charge is 2.74. The molecule has 0 aromatic carbocycles. The maximum Gasteiger partial charge on any atom is 0.121 e. The number of aliphatic hydroxyl groups excluding tert-OH is 2. The lowest BCUT2D eigenvalue weighted by molar-refractivity contribution is 0.0513.